The van der Waals surface area contributed by atoms with E-state index in [0.717, 1.165) is 19.4 Å². The summed E-state index contributed by atoms with van der Waals surface area (Å²) in [6.45, 7) is 3.96. The van der Waals surface area contributed by atoms with Crippen molar-refractivity contribution in [2.24, 2.45) is 11.5 Å². The zero-order chi connectivity index (χ0) is 10.6. The number of amides is 1. The fraction of sp³-hybridized carbons (Fsp3) is 0.889. The van der Waals surface area contributed by atoms with E-state index in [4.69, 9.17) is 16.2 Å². The van der Waals surface area contributed by atoms with E-state index < -0.39 is 11.9 Å². The Morgan fingerprint density at radius 2 is 2.43 bits per heavy atom. The number of carbonyl (C=O) groups excluding carboxylic acids is 1. The molecule has 0 radical (unpaired) electrons. The SMILES string of the molecule is CC1(NCC(N)C(N)=O)CCCOC1. The van der Waals surface area contributed by atoms with Gasteiger partial charge in [-0.3, -0.25) is 4.79 Å². The van der Waals surface area contributed by atoms with Crippen LogP contribution in [-0.2, 0) is 9.53 Å². The van der Waals surface area contributed by atoms with Gasteiger partial charge in [0.1, 0.15) is 0 Å². The highest BCUT2D eigenvalue weighted by Gasteiger charge is 2.27. The molecule has 0 bridgehead atoms. The molecule has 2 unspecified atom stereocenters. The Morgan fingerprint density at radius 3 is 2.93 bits per heavy atom. The average Bonchev–Trinajstić information content (AvgIpc) is 2.15. The number of hydrogen-bond donors (Lipinski definition) is 3. The highest BCUT2D eigenvalue weighted by molar-refractivity contribution is 5.79. The van der Waals surface area contributed by atoms with Crippen molar-refractivity contribution in [2.75, 3.05) is 19.8 Å². The van der Waals surface area contributed by atoms with Crippen LogP contribution in [0.4, 0.5) is 0 Å². The molecule has 82 valence electrons. The summed E-state index contributed by atoms with van der Waals surface area (Å²) in [5.41, 5.74) is 10.5. The molecular formula is C9H19N3O2. The second-order valence-corrected chi connectivity index (χ2v) is 4.11. The first kappa shape index (κ1) is 11.4. The minimum atomic E-state index is -0.617. The summed E-state index contributed by atoms with van der Waals surface area (Å²) in [5, 5.41) is 3.23. The Hall–Kier alpha value is -0.650. The fourth-order valence-corrected chi connectivity index (χ4v) is 1.53. The molecule has 1 heterocycles. The van der Waals surface area contributed by atoms with E-state index >= 15 is 0 Å². The molecule has 14 heavy (non-hydrogen) atoms. The maximum Gasteiger partial charge on any atom is 0.235 e. The van der Waals surface area contributed by atoms with Gasteiger partial charge in [0.15, 0.2) is 0 Å². The number of hydrogen-bond acceptors (Lipinski definition) is 4. The molecule has 0 saturated carbocycles. The van der Waals surface area contributed by atoms with Gasteiger partial charge in [-0.15, -0.1) is 0 Å². The fourth-order valence-electron chi connectivity index (χ4n) is 1.53. The topological polar surface area (TPSA) is 90.4 Å². The lowest BCUT2D eigenvalue weighted by molar-refractivity contribution is -0.119. The summed E-state index contributed by atoms with van der Waals surface area (Å²) in [6.07, 6.45) is 2.08. The third-order valence-electron chi connectivity index (χ3n) is 2.55. The van der Waals surface area contributed by atoms with Crippen LogP contribution in [0.5, 0.6) is 0 Å². The lowest BCUT2D eigenvalue weighted by Gasteiger charge is -2.35. The molecule has 5 N–H and O–H groups in total. The van der Waals surface area contributed by atoms with Crippen LogP contribution in [0.15, 0.2) is 0 Å². The molecule has 2 atom stereocenters. The normalized spacial score (nSPS) is 29.9. The van der Waals surface area contributed by atoms with Gasteiger partial charge >= 0.3 is 0 Å². The summed E-state index contributed by atoms with van der Waals surface area (Å²) in [7, 11) is 0. The van der Waals surface area contributed by atoms with E-state index in [1.165, 1.54) is 0 Å². The summed E-state index contributed by atoms with van der Waals surface area (Å²) < 4.78 is 5.36. The Bertz CT molecular complexity index is 202. The third-order valence-corrected chi connectivity index (χ3v) is 2.55. The third kappa shape index (κ3) is 3.25. The van der Waals surface area contributed by atoms with Crippen LogP contribution in [0, 0.1) is 0 Å². The highest BCUT2D eigenvalue weighted by Crippen LogP contribution is 2.17. The van der Waals surface area contributed by atoms with Crippen molar-refractivity contribution in [1.29, 1.82) is 0 Å². The van der Waals surface area contributed by atoms with Crippen LogP contribution < -0.4 is 16.8 Å². The van der Waals surface area contributed by atoms with Crippen LogP contribution in [0.1, 0.15) is 19.8 Å². The van der Waals surface area contributed by atoms with Crippen LogP contribution in [0.2, 0.25) is 0 Å². The minimum Gasteiger partial charge on any atom is -0.380 e. The Kier molecular flexibility index (Phi) is 3.86. The number of rotatable bonds is 4. The molecule has 0 aliphatic carbocycles. The summed E-state index contributed by atoms with van der Waals surface area (Å²) in [4.78, 5) is 10.7. The van der Waals surface area contributed by atoms with Crippen LogP contribution in [-0.4, -0.2) is 37.2 Å². The van der Waals surface area contributed by atoms with Gasteiger partial charge in [-0.2, -0.15) is 0 Å². The summed E-state index contributed by atoms with van der Waals surface area (Å²) >= 11 is 0. The largest absolute Gasteiger partial charge is 0.380 e. The van der Waals surface area contributed by atoms with Crippen molar-refractivity contribution in [1.82, 2.24) is 5.32 Å². The molecule has 1 aliphatic heterocycles. The lowest BCUT2D eigenvalue weighted by Crippen LogP contribution is -2.55. The van der Waals surface area contributed by atoms with Crippen LogP contribution in [0.25, 0.3) is 0 Å². The molecular weight excluding hydrogens is 182 g/mol. The van der Waals surface area contributed by atoms with Crippen molar-refractivity contribution in [3.05, 3.63) is 0 Å². The minimum absolute atomic E-state index is 0.0642. The van der Waals surface area contributed by atoms with Gasteiger partial charge in [0.25, 0.3) is 0 Å². The predicted octanol–water partition coefficient (Wildman–Crippen LogP) is -1.04. The number of carbonyl (C=O) groups is 1. The number of ether oxygens (including phenoxy) is 1. The molecule has 1 aliphatic rings. The molecule has 1 amide bonds. The van der Waals surface area contributed by atoms with Gasteiger partial charge < -0.3 is 21.5 Å². The first-order valence-corrected chi connectivity index (χ1v) is 4.91. The molecule has 5 nitrogen and oxygen atoms in total. The number of nitrogens with one attached hydrogen (secondary N) is 1. The van der Waals surface area contributed by atoms with E-state index in [1.807, 2.05) is 0 Å². The van der Waals surface area contributed by atoms with Crippen molar-refractivity contribution in [3.63, 3.8) is 0 Å². The predicted molar refractivity (Wildman–Crippen MR) is 53.6 cm³/mol. The van der Waals surface area contributed by atoms with Crippen LogP contribution in [0.3, 0.4) is 0 Å². The van der Waals surface area contributed by atoms with Crippen molar-refractivity contribution in [2.45, 2.75) is 31.3 Å². The van der Waals surface area contributed by atoms with Crippen molar-refractivity contribution < 1.29 is 9.53 Å². The molecule has 1 rings (SSSR count). The molecule has 1 saturated heterocycles. The Balaban J connectivity index is 2.31. The smallest absolute Gasteiger partial charge is 0.235 e. The number of nitrogens with two attached hydrogens (primary N) is 2. The Labute approximate surface area is 84.2 Å². The van der Waals surface area contributed by atoms with E-state index in [0.29, 0.717) is 13.2 Å². The molecule has 5 heteroatoms. The zero-order valence-electron chi connectivity index (χ0n) is 8.58. The first-order chi connectivity index (χ1) is 6.53. The maximum atomic E-state index is 10.7. The van der Waals surface area contributed by atoms with Crippen LogP contribution >= 0.6 is 0 Å². The first-order valence-electron chi connectivity index (χ1n) is 4.91. The zero-order valence-corrected chi connectivity index (χ0v) is 8.58. The van der Waals surface area contributed by atoms with E-state index in [-0.39, 0.29) is 5.54 Å². The second-order valence-electron chi connectivity index (χ2n) is 4.11. The molecule has 0 aromatic heterocycles. The van der Waals surface area contributed by atoms with Crippen molar-refractivity contribution in [3.8, 4) is 0 Å². The molecule has 0 aromatic carbocycles. The Morgan fingerprint density at radius 1 is 1.71 bits per heavy atom. The van der Waals surface area contributed by atoms with Gasteiger partial charge in [-0.25, -0.2) is 0 Å². The van der Waals surface area contributed by atoms with Gasteiger partial charge in [0, 0.05) is 18.7 Å². The van der Waals surface area contributed by atoms with Gasteiger partial charge in [0.2, 0.25) is 5.91 Å². The summed E-state index contributed by atoms with van der Waals surface area (Å²) in [5.74, 6) is -0.474. The van der Waals surface area contributed by atoms with Gasteiger partial charge in [0.05, 0.1) is 12.6 Å². The number of primary amides is 1. The standard InChI is InChI=1S/C9H19N3O2/c1-9(3-2-4-14-6-9)12-5-7(10)8(11)13/h7,12H,2-6,10H2,1H3,(H2,11,13). The van der Waals surface area contributed by atoms with E-state index in [9.17, 15) is 4.79 Å². The van der Waals surface area contributed by atoms with Gasteiger partial charge in [-0.1, -0.05) is 0 Å². The lowest BCUT2D eigenvalue weighted by atomic mass is 9.94. The van der Waals surface area contributed by atoms with Gasteiger partial charge in [-0.05, 0) is 19.8 Å². The summed E-state index contributed by atoms with van der Waals surface area (Å²) in [6, 6.07) is -0.617. The van der Waals surface area contributed by atoms with E-state index in [2.05, 4.69) is 12.2 Å². The highest BCUT2D eigenvalue weighted by atomic mass is 16.5. The molecule has 0 aromatic rings. The second kappa shape index (κ2) is 4.72. The van der Waals surface area contributed by atoms with Crippen molar-refractivity contribution >= 4 is 5.91 Å². The average molecular weight is 201 g/mol. The van der Waals surface area contributed by atoms with E-state index in [1.54, 1.807) is 0 Å². The molecule has 1 fully saturated rings. The quantitative estimate of drug-likeness (QED) is 0.542. The monoisotopic (exact) mass is 201 g/mol. The maximum absolute atomic E-state index is 10.7. The molecule has 0 spiro atoms.